The molecule has 4 aliphatic rings. The van der Waals surface area contributed by atoms with Crippen molar-refractivity contribution in [2.45, 2.75) is 42.9 Å². The molecule has 1 aromatic carbocycles. The first-order valence-electron chi connectivity index (χ1n) is 8.17. The van der Waals surface area contributed by atoms with Gasteiger partial charge in [0, 0.05) is 18.5 Å². The lowest BCUT2D eigenvalue weighted by Crippen LogP contribution is -2.74. The molecule has 0 radical (unpaired) electrons. The number of esters is 1. The summed E-state index contributed by atoms with van der Waals surface area (Å²) >= 11 is 0. The maximum atomic E-state index is 12.5. The highest BCUT2D eigenvalue weighted by Crippen LogP contribution is 2.62. The van der Waals surface area contributed by atoms with Crippen LogP contribution in [0.4, 0.5) is 0 Å². The minimum Gasteiger partial charge on any atom is -0.477 e. The van der Waals surface area contributed by atoms with Crippen LogP contribution in [0.15, 0.2) is 24.3 Å². The maximum Gasteiger partial charge on any atom is 0.308 e. The Balaban J connectivity index is 1.83. The fourth-order valence-corrected chi connectivity index (χ4v) is 5.05. The van der Waals surface area contributed by atoms with Crippen LogP contribution >= 0.6 is 0 Å². The zero-order valence-corrected chi connectivity index (χ0v) is 13.2. The lowest BCUT2D eigenvalue weighted by atomic mass is 9.51. The van der Waals surface area contributed by atoms with Gasteiger partial charge in [-0.1, -0.05) is 6.07 Å². The molecule has 6 heteroatoms. The number of nitrogens with one attached hydrogen (secondary N) is 1. The molecule has 124 valence electrons. The van der Waals surface area contributed by atoms with Crippen LogP contribution in [0.2, 0.25) is 0 Å². The van der Waals surface area contributed by atoms with E-state index in [2.05, 4.69) is 5.32 Å². The second-order valence-corrected chi connectivity index (χ2v) is 7.01. The van der Waals surface area contributed by atoms with E-state index < -0.39 is 23.1 Å². The van der Waals surface area contributed by atoms with Crippen LogP contribution in [-0.2, 0) is 21.4 Å². The number of ether oxygens (including phenoxy) is 2. The minimum atomic E-state index is -1.18. The largest absolute Gasteiger partial charge is 0.477 e. The first-order valence-corrected chi connectivity index (χ1v) is 8.17. The van der Waals surface area contributed by atoms with Crippen molar-refractivity contribution in [1.29, 1.82) is 0 Å². The van der Waals surface area contributed by atoms with Crippen molar-refractivity contribution >= 4 is 11.8 Å². The molecule has 2 bridgehead atoms. The van der Waals surface area contributed by atoms with E-state index in [-0.39, 0.29) is 11.8 Å². The van der Waals surface area contributed by atoms with Crippen LogP contribution in [0.25, 0.3) is 0 Å². The van der Waals surface area contributed by atoms with Gasteiger partial charge in [-0.15, -0.1) is 0 Å². The maximum absolute atomic E-state index is 12.5. The second-order valence-electron chi connectivity index (χ2n) is 7.01. The van der Waals surface area contributed by atoms with Crippen LogP contribution in [-0.4, -0.2) is 41.2 Å². The Morgan fingerprint density at radius 2 is 2.29 bits per heavy atom. The predicted molar refractivity (Wildman–Crippen MR) is 83.1 cm³/mol. The summed E-state index contributed by atoms with van der Waals surface area (Å²) in [5, 5.41) is 14.9. The Kier molecular flexibility index (Phi) is 2.52. The molecular formula is C18H17NO5. The molecule has 1 spiro atoms. The fourth-order valence-electron chi connectivity index (χ4n) is 5.05. The summed E-state index contributed by atoms with van der Waals surface area (Å²) in [5.41, 5.74) is -0.123. The molecule has 2 N–H and O–H groups in total. The molecule has 6 nitrogen and oxygen atoms in total. The van der Waals surface area contributed by atoms with Gasteiger partial charge in [-0.05, 0) is 43.2 Å². The second kappa shape index (κ2) is 4.26. The number of piperidine rings is 1. The highest BCUT2D eigenvalue weighted by molar-refractivity contribution is 5.99. The molecule has 1 saturated heterocycles. The van der Waals surface area contributed by atoms with E-state index in [9.17, 15) is 14.7 Å². The normalized spacial score (nSPS) is 37.7. The highest BCUT2D eigenvalue weighted by atomic mass is 16.6. The number of carbonyl (C=O) groups is 2. The van der Waals surface area contributed by atoms with Crippen LogP contribution in [0, 0.1) is 0 Å². The van der Waals surface area contributed by atoms with Crippen molar-refractivity contribution in [2.24, 2.45) is 0 Å². The quantitative estimate of drug-likeness (QED) is 0.574. The van der Waals surface area contributed by atoms with Gasteiger partial charge in [0.2, 0.25) is 0 Å². The number of carbonyl (C=O) groups excluding carboxylic acids is 2. The molecule has 0 saturated carbocycles. The Hall–Kier alpha value is -2.18. The number of hydrogen-bond donors (Lipinski definition) is 2. The van der Waals surface area contributed by atoms with Gasteiger partial charge in [0.25, 0.3) is 0 Å². The number of ketones is 1. The molecule has 0 amide bonds. The topological polar surface area (TPSA) is 84.9 Å². The lowest BCUT2D eigenvalue weighted by molar-refractivity contribution is -0.139. The van der Waals surface area contributed by atoms with E-state index in [1.54, 1.807) is 12.1 Å². The number of rotatable bonds is 1. The molecule has 0 aromatic heterocycles. The summed E-state index contributed by atoms with van der Waals surface area (Å²) in [4.78, 5) is 24.0. The summed E-state index contributed by atoms with van der Waals surface area (Å²) in [6.07, 6.45) is 3.50. The molecule has 1 aromatic rings. The third-order valence-electron chi connectivity index (χ3n) is 5.93. The lowest BCUT2D eigenvalue weighted by Gasteiger charge is -2.57. The van der Waals surface area contributed by atoms with Gasteiger partial charge >= 0.3 is 5.97 Å². The van der Waals surface area contributed by atoms with Crippen molar-refractivity contribution in [2.75, 3.05) is 6.54 Å². The van der Waals surface area contributed by atoms with E-state index >= 15 is 0 Å². The van der Waals surface area contributed by atoms with E-state index in [1.807, 2.05) is 6.07 Å². The Labute approximate surface area is 138 Å². The number of hydrogen-bond acceptors (Lipinski definition) is 6. The van der Waals surface area contributed by atoms with E-state index in [4.69, 9.17) is 9.47 Å². The van der Waals surface area contributed by atoms with Crippen molar-refractivity contribution in [3.8, 4) is 11.5 Å². The number of benzene rings is 1. The van der Waals surface area contributed by atoms with Gasteiger partial charge in [0.15, 0.2) is 23.4 Å². The van der Waals surface area contributed by atoms with Gasteiger partial charge in [-0.25, -0.2) is 0 Å². The first kappa shape index (κ1) is 14.2. The summed E-state index contributed by atoms with van der Waals surface area (Å²) in [6.45, 7) is 2.03. The van der Waals surface area contributed by atoms with E-state index in [0.29, 0.717) is 30.9 Å². The molecule has 5 rings (SSSR count). The molecule has 2 aliphatic heterocycles. The Morgan fingerprint density at radius 3 is 3.08 bits per heavy atom. The van der Waals surface area contributed by atoms with Gasteiger partial charge in [0.05, 0.1) is 5.41 Å². The smallest absolute Gasteiger partial charge is 0.308 e. The summed E-state index contributed by atoms with van der Waals surface area (Å²) < 4.78 is 11.3. The van der Waals surface area contributed by atoms with Crippen LogP contribution in [0.1, 0.15) is 24.5 Å². The monoisotopic (exact) mass is 327 g/mol. The summed E-state index contributed by atoms with van der Waals surface area (Å²) in [5.74, 6) is 0.153. The zero-order chi connectivity index (χ0) is 16.7. The molecule has 2 aliphatic carbocycles. The van der Waals surface area contributed by atoms with Crippen LogP contribution in [0.3, 0.4) is 0 Å². The highest BCUT2D eigenvalue weighted by Gasteiger charge is 2.70. The Morgan fingerprint density at radius 1 is 1.46 bits per heavy atom. The molecular weight excluding hydrogens is 310 g/mol. The Bertz CT molecular complexity index is 831. The summed E-state index contributed by atoms with van der Waals surface area (Å²) in [6, 6.07) is 3.45. The van der Waals surface area contributed by atoms with Gasteiger partial charge < -0.3 is 19.9 Å². The average molecular weight is 327 g/mol. The van der Waals surface area contributed by atoms with Crippen LogP contribution in [0.5, 0.6) is 11.5 Å². The molecule has 0 unspecified atom stereocenters. The van der Waals surface area contributed by atoms with Crippen molar-refractivity contribution in [3.63, 3.8) is 0 Å². The van der Waals surface area contributed by atoms with E-state index in [1.165, 1.54) is 13.0 Å². The van der Waals surface area contributed by atoms with E-state index in [0.717, 1.165) is 11.1 Å². The van der Waals surface area contributed by atoms with Crippen molar-refractivity contribution in [3.05, 3.63) is 35.4 Å². The SMILES string of the molecule is CC(=O)Oc1ccc2c3c1O[C@H]1C(=O)C=C[C@@]4(O)[C@@H](C2)NCC[C@]314. The summed E-state index contributed by atoms with van der Waals surface area (Å²) in [7, 11) is 0. The van der Waals surface area contributed by atoms with Gasteiger partial charge in [-0.3, -0.25) is 9.59 Å². The first-order chi connectivity index (χ1) is 11.5. The number of aliphatic hydroxyl groups is 1. The standard InChI is InChI=1S/C18H17NO5/c1-9(20)23-12-3-2-10-8-13-18(22)5-4-11(21)16-17(18,6-7-19-13)14(10)15(12)24-16/h2-5,13,16,19,22H,6-8H2,1H3/t13-,16+,17+,18-/m1/s1. The third-order valence-corrected chi connectivity index (χ3v) is 5.93. The molecule has 1 fully saturated rings. The zero-order valence-electron chi connectivity index (χ0n) is 13.2. The molecule has 2 heterocycles. The van der Waals surface area contributed by atoms with Crippen molar-refractivity contribution < 1.29 is 24.2 Å². The van der Waals surface area contributed by atoms with Gasteiger partial charge in [-0.2, -0.15) is 0 Å². The predicted octanol–water partition coefficient (Wildman–Crippen LogP) is 0.399. The average Bonchev–Trinajstić information content (AvgIpc) is 2.87. The van der Waals surface area contributed by atoms with Gasteiger partial charge in [0.1, 0.15) is 5.60 Å². The third kappa shape index (κ3) is 1.40. The minimum absolute atomic E-state index is 0.154. The molecule has 24 heavy (non-hydrogen) atoms. The molecule has 4 atom stereocenters. The fraction of sp³-hybridized carbons (Fsp3) is 0.444. The van der Waals surface area contributed by atoms with Crippen molar-refractivity contribution in [1.82, 2.24) is 5.32 Å². The van der Waals surface area contributed by atoms with Crippen LogP contribution < -0.4 is 14.8 Å².